The number of anilines is 2. The molecule has 10 nitrogen and oxygen atoms in total. The van der Waals surface area contributed by atoms with Crippen molar-refractivity contribution in [2.75, 3.05) is 22.8 Å². The van der Waals surface area contributed by atoms with Crippen molar-refractivity contribution in [2.24, 2.45) is 0 Å². The molecule has 14 heteroatoms. The molecule has 2 N–H and O–H groups in total. The molecule has 0 bridgehead atoms. The van der Waals surface area contributed by atoms with E-state index in [1.165, 1.54) is 30.5 Å². The van der Waals surface area contributed by atoms with Crippen LogP contribution in [0.15, 0.2) is 61.1 Å². The van der Waals surface area contributed by atoms with E-state index in [4.69, 9.17) is 0 Å². The predicted molar refractivity (Wildman–Crippen MR) is 138 cm³/mol. The molecule has 3 aromatic rings. The number of hydrogen-bond donors (Lipinski definition) is 2. The van der Waals surface area contributed by atoms with Gasteiger partial charge in [-0.3, -0.25) is 9.78 Å². The van der Waals surface area contributed by atoms with Crippen LogP contribution in [0.25, 0.3) is 0 Å². The number of carbonyl (C=O) groups is 2. The number of likely N-dealkylation sites (N-methyl/N-ethyl adjacent to an activating group) is 1. The molecule has 0 aliphatic carbocycles. The van der Waals surface area contributed by atoms with Crippen LogP contribution in [-0.4, -0.2) is 50.0 Å². The molecule has 3 amide bonds. The van der Waals surface area contributed by atoms with Gasteiger partial charge < -0.3 is 10.2 Å². The molecular formula is C23H24F2N6O4S2. The molecule has 0 spiro atoms. The predicted octanol–water partition coefficient (Wildman–Crippen LogP) is 2.05. The van der Waals surface area contributed by atoms with E-state index >= 15 is 0 Å². The normalized spacial score (nSPS) is 13.2. The summed E-state index contributed by atoms with van der Waals surface area (Å²) in [5, 5.41) is 2.33. The molecule has 37 heavy (non-hydrogen) atoms. The third-order valence-electron chi connectivity index (χ3n) is 5.53. The lowest BCUT2D eigenvalue weighted by Crippen LogP contribution is -2.54. The van der Waals surface area contributed by atoms with Gasteiger partial charge in [0, 0.05) is 38.5 Å². The molecule has 1 aromatic carbocycles. The highest BCUT2D eigenvalue weighted by molar-refractivity contribution is 7.91. The van der Waals surface area contributed by atoms with Crippen molar-refractivity contribution in [3.8, 4) is 0 Å². The van der Waals surface area contributed by atoms with Crippen LogP contribution in [0.4, 0.5) is 25.1 Å². The smallest absolute Gasteiger partial charge is 0.325 e. The molecular weight excluding hydrogens is 526 g/mol. The summed E-state index contributed by atoms with van der Waals surface area (Å²) in [5.41, 5.74) is 1.20. The SMILES string of the molecule is CN(C(=O)[C@H](Cc1cc(F)cc(F)c1)NC(=O)NS(=O)(=O)N1CCc2cccnc21)c1cccnc1.S. The summed E-state index contributed by atoms with van der Waals surface area (Å²) in [6, 6.07) is 6.80. The number of urea groups is 1. The largest absolute Gasteiger partial charge is 0.330 e. The number of fused-ring (bicyclic) bond motifs is 1. The van der Waals surface area contributed by atoms with Crippen molar-refractivity contribution in [3.05, 3.63) is 83.8 Å². The van der Waals surface area contributed by atoms with Gasteiger partial charge in [0.15, 0.2) is 0 Å². The summed E-state index contributed by atoms with van der Waals surface area (Å²) in [4.78, 5) is 35.2. The fourth-order valence-corrected chi connectivity index (χ4v) is 4.98. The Balaban J connectivity index is 0.00000380. The topological polar surface area (TPSA) is 125 Å². The second-order valence-electron chi connectivity index (χ2n) is 8.03. The lowest BCUT2D eigenvalue weighted by Gasteiger charge is -2.25. The van der Waals surface area contributed by atoms with Gasteiger partial charge in [-0.15, -0.1) is 0 Å². The van der Waals surface area contributed by atoms with Crippen LogP contribution in [0.1, 0.15) is 11.1 Å². The van der Waals surface area contributed by atoms with Crippen LogP contribution < -0.4 is 19.2 Å². The van der Waals surface area contributed by atoms with E-state index in [0.29, 0.717) is 23.7 Å². The Labute approximate surface area is 219 Å². The van der Waals surface area contributed by atoms with Gasteiger partial charge in [0.2, 0.25) is 5.91 Å². The van der Waals surface area contributed by atoms with Gasteiger partial charge in [0.25, 0.3) is 0 Å². The van der Waals surface area contributed by atoms with Crippen LogP contribution in [0.2, 0.25) is 0 Å². The van der Waals surface area contributed by atoms with Crippen LogP contribution in [0, 0.1) is 11.6 Å². The number of aromatic nitrogens is 2. The van der Waals surface area contributed by atoms with E-state index in [9.17, 15) is 26.8 Å². The Hall–Kier alpha value is -3.78. The van der Waals surface area contributed by atoms with E-state index in [0.717, 1.165) is 16.4 Å². The van der Waals surface area contributed by atoms with Crippen molar-refractivity contribution in [3.63, 3.8) is 0 Å². The monoisotopic (exact) mass is 550 g/mol. The van der Waals surface area contributed by atoms with E-state index in [1.807, 2.05) is 4.72 Å². The number of pyridine rings is 2. The van der Waals surface area contributed by atoms with Gasteiger partial charge in [-0.25, -0.2) is 27.6 Å². The van der Waals surface area contributed by atoms with Gasteiger partial charge in [-0.05, 0) is 47.9 Å². The fraction of sp³-hybridized carbons (Fsp3) is 0.217. The first-order valence-corrected chi connectivity index (χ1v) is 12.3. The summed E-state index contributed by atoms with van der Waals surface area (Å²) in [6.07, 6.45) is 4.48. The summed E-state index contributed by atoms with van der Waals surface area (Å²) in [7, 11) is -2.92. The van der Waals surface area contributed by atoms with E-state index in [1.54, 1.807) is 24.3 Å². The third-order valence-corrected chi connectivity index (χ3v) is 6.91. The second kappa shape index (κ2) is 11.5. The number of benzene rings is 1. The molecule has 196 valence electrons. The highest BCUT2D eigenvalue weighted by Gasteiger charge is 2.33. The molecule has 2 aromatic heterocycles. The number of halogens is 2. The van der Waals surface area contributed by atoms with Crippen molar-refractivity contribution < 1.29 is 26.8 Å². The molecule has 0 radical (unpaired) electrons. The highest BCUT2D eigenvalue weighted by Crippen LogP contribution is 2.26. The molecule has 0 saturated carbocycles. The van der Waals surface area contributed by atoms with E-state index in [2.05, 4.69) is 15.3 Å². The summed E-state index contributed by atoms with van der Waals surface area (Å²) < 4.78 is 56.1. The van der Waals surface area contributed by atoms with Crippen molar-refractivity contribution in [1.29, 1.82) is 0 Å². The van der Waals surface area contributed by atoms with Gasteiger partial charge in [-0.2, -0.15) is 21.9 Å². The zero-order valence-corrected chi connectivity index (χ0v) is 21.4. The van der Waals surface area contributed by atoms with Gasteiger partial charge in [-0.1, -0.05) is 6.07 Å². The number of amides is 3. The average Bonchev–Trinajstić information content (AvgIpc) is 3.27. The van der Waals surface area contributed by atoms with Gasteiger partial charge in [0.1, 0.15) is 23.5 Å². The van der Waals surface area contributed by atoms with Crippen molar-refractivity contribution in [2.45, 2.75) is 18.9 Å². The number of nitrogens with zero attached hydrogens (tertiary/aromatic N) is 4. The number of rotatable bonds is 7. The Bertz CT molecular complexity index is 1370. The highest BCUT2D eigenvalue weighted by atomic mass is 32.2. The number of hydrogen-bond acceptors (Lipinski definition) is 6. The maximum Gasteiger partial charge on any atom is 0.330 e. The Kier molecular flexibility index (Phi) is 8.65. The minimum atomic E-state index is -4.35. The minimum absolute atomic E-state index is 0. The first-order chi connectivity index (χ1) is 17.1. The molecule has 1 aliphatic heterocycles. The molecule has 0 unspecified atom stereocenters. The van der Waals surface area contributed by atoms with Crippen LogP contribution in [-0.2, 0) is 27.8 Å². The van der Waals surface area contributed by atoms with Crippen LogP contribution >= 0.6 is 13.5 Å². The van der Waals surface area contributed by atoms with Crippen molar-refractivity contribution >= 4 is 47.1 Å². The van der Waals surface area contributed by atoms with E-state index in [-0.39, 0.29) is 37.8 Å². The Morgan fingerprint density at radius 2 is 1.84 bits per heavy atom. The molecule has 1 atom stereocenters. The number of carbonyl (C=O) groups excluding carboxylic acids is 2. The molecule has 1 aliphatic rings. The first kappa shape index (κ1) is 27.8. The number of nitrogens with one attached hydrogen (secondary N) is 2. The minimum Gasteiger partial charge on any atom is -0.325 e. The zero-order chi connectivity index (χ0) is 25.9. The van der Waals surface area contributed by atoms with Gasteiger partial charge in [0.05, 0.1) is 11.9 Å². The maximum absolute atomic E-state index is 13.7. The van der Waals surface area contributed by atoms with Crippen molar-refractivity contribution in [1.82, 2.24) is 20.0 Å². The standard InChI is InChI=1S/C23H22F2N6O4S.H2S/c1-30(19-5-3-7-26-14-19)22(32)20(12-15-10-17(24)13-18(25)11-15)28-23(33)29-36(34,35)31-9-6-16-4-2-8-27-21(16)31;/h2-5,7-8,10-11,13-14,20H,6,9,12H2,1H3,(H2,28,29,33);1H2/t20-;/m0./s1. The fourth-order valence-electron chi connectivity index (χ4n) is 3.85. The van der Waals surface area contributed by atoms with Gasteiger partial charge >= 0.3 is 16.2 Å². The average molecular weight is 551 g/mol. The Morgan fingerprint density at radius 3 is 2.51 bits per heavy atom. The third kappa shape index (κ3) is 6.51. The molecule has 0 fully saturated rings. The zero-order valence-electron chi connectivity index (χ0n) is 19.6. The Morgan fingerprint density at radius 1 is 1.14 bits per heavy atom. The lowest BCUT2D eigenvalue weighted by atomic mass is 10.0. The van der Waals surface area contributed by atoms with E-state index < -0.39 is 39.8 Å². The van der Waals surface area contributed by atoms with Crippen LogP contribution in [0.3, 0.4) is 0 Å². The first-order valence-electron chi connectivity index (χ1n) is 10.8. The maximum atomic E-state index is 13.7. The molecule has 4 rings (SSSR count). The summed E-state index contributed by atoms with van der Waals surface area (Å²) in [6.45, 7) is 0.0869. The quantitative estimate of drug-likeness (QED) is 0.464. The second-order valence-corrected chi connectivity index (χ2v) is 9.63. The summed E-state index contributed by atoms with van der Waals surface area (Å²) >= 11 is 0. The molecule has 0 saturated heterocycles. The van der Waals surface area contributed by atoms with Crippen LogP contribution in [0.5, 0.6) is 0 Å². The lowest BCUT2D eigenvalue weighted by molar-refractivity contribution is -0.120. The molecule has 3 heterocycles. The summed E-state index contributed by atoms with van der Waals surface area (Å²) in [5.74, 6) is -2.17.